The van der Waals surface area contributed by atoms with Crippen molar-refractivity contribution in [2.45, 2.75) is 39.2 Å². The third-order valence-electron chi connectivity index (χ3n) is 3.27. The molecule has 0 radical (unpaired) electrons. The van der Waals surface area contributed by atoms with Gasteiger partial charge in [-0.1, -0.05) is 25.7 Å². The lowest BCUT2D eigenvalue weighted by Gasteiger charge is -2.24. The number of carbonyl (C=O) groups excluding carboxylic acids is 1. The minimum Gasteiger partial charge on any atom is -0.395 e. The first-order chi connectivity index (χ1) is 10.1. The van der Waals surface area contributed by atoms with Crippen LogP contribution >= 0.6 is 0 Å². The van der Waals surface area contributed by atoms with Crippen molar-refractivity contribution in [1.82, 2.24) is 9.88 Å². The van der Waals surface area contributed by atoms with Crippen LogP contribution in [0.15, 0.2) is 18.5 Å². The summed E-state index contributed by atoms with van der Waals surface area (Å²) in [5, 5.41) is 8.73. The second kappa shape index (κ2) is 7.24. The monoisotopic (exact) mass is 286 g/mol. The van der Waals surface area contributed by atoms with Gasteiger partial charge in [0.1, 0.15) is 0 Å². The lowest BCUT2D eigenvalue weighted by molar-refractivity contribution is 0.0722. The number of aromatic nitrogens is 1. The zero-order valence-electron chi connectivity index (χ0n) is 12.7. The van der Waals surface area contributed by atoms with Gasteiger partial charge in [-0.05, 0) is 24.8 Å². The molecule has 1 fully saturated rings. The Hall–Kier alpha value is -1.86. The SMILES string of the molecule is CC(C)CN(C(=O)c1cncc(C#CCCO)c1)C1CC1. The number of pyridine rings is 1. The fourth-order valence-electron chi connectivity index (χ4n) is 2.19. The van der Waals surface area contributed by atoms with Gasteiger partial charge in [0.2, 0.25) is 0 Å². The third kappa shape index (κ3) is 4.57. The van der Waals surface area contributed by atoms with Crippen LogP contribution < -0.4 is 0 Å². The van der Waals surface area contributed by atoms with E-state index in [-0.39, 0.29) is 12.5 Å². The number of aliphatic hydroxyl groups is 1. The molecule has 0 saturated heterocycles. The molecule has 2 rings (SSSR count). The average molecular weight is 286 g/mol. The van der Waals surface area contributed by atoms with E-state index in [9.17, 15) is 4.79 Å². The second-order valence-electron chi connectivity index (χ2n) is 5.82. The maximum atomic E-state index is 12.6. The van der Waals surface area contributed by atoms with Crippen molar-refractivity contribution in [2.24, 2.45) is 5.92 Å². The molecule has 1 aromatic heterocycles. The van der Waals surface area contributed by atoms with Crippen molar-refractivity contribution in [2.75, 3.05) is 13.2 Å². The lowest BCUT2D eigenvalue weighted by atomic mass is 10.1. The van der Waals surface area contributed by atoms with Gasteiger partial charge in [0.15, 0.2) is 0 Å². The van der Waals surface area contributed by atoms with Crippen LogP contribution in [-0.4, -0.2) is 40.1 Å². The van der Waals surface area contributed by atoms with E-state index in [0.29, 0.717) is 23.9 Å². The summed E-state index contributed by atoms with van der Waals surface area (Å²) in [4.78, 5) is 18.7. The number of amides is 1. The van der Waals surface area contributed by atoms with Gasteiger partial charge < -0.3 is 10.0 Å². The number of rotatable bonds is 5. The van der Waals surface area contributed by atoms with E-state index in [2.05, 4.69) is 30.7 Å². The minimum atomic E-state index is 0.0445. The summed E-state index contributed by atoms with van der Waals surface area (Å²) in [6.07, 6.45) is 5.88. The Morgan fingerprint density at radius 3 is 2.86 bits per heavy atom. The Bertz CT molecular complexity index is 553. The van der Waals surface area contributed by atoms with Crippen LogP contribution in [0.25, 0.3) is 0 Å². The van der Waals surface area contributed by atoms with Gasteiger partial charge in [-0.25, -0.2) is 0 Å². The first-order valence-electron chi connectivity index (χ1n) is 7.47. The molecule has 1 aromatic rings. The van der Waals surface area contributed by atoms with Gasteiger partial charge in [0.25, 0.3) is 5.91 Å². The normalized spacial score (nSPS) is 13.7. The summed E-state index contributed by atoms with van der Waals surface area (Å²) in [5.74, 6) is 6.27. The van der Waals surface area contributed by atoms with E-state index in [1.807, 2.05) is 4.90 Å². The molecule has 112 valence electrons. The summed E-state index contributed by atoms with van der Waals surface area (Å²) in [6.45, 7) is 5.07. The Kier molecular flexibility index (Phi) is 5.35. The highest BCUT2D eigenvalue weighted by molar-refractivity contribution is 5.94. The fourth-order valence-corrected chi connectivity index (χ4v) is 2.19. The molecule has 21 heavy (non-hydrogen) atoms. The van der Waals surface area contributed by atoms with Crippen LogP contribution in [0.4, 0.5) is 0 Å². The van der Waals surface area contributed by atoms with Crippen molar-refractivity contribution in [3.8, 4) is 11.8 Å². The fraction of sp³-hybridized carbons (Fsp3) is 0.529. The maximum absolute atomic E-state index is 12.6. The maximum Gasteiger partial charge on any atom is 0.255 e. The van der Waals surface area contributed by atoms with Crippen LogP contribution in [0, 0.1) is 17.8 Å². The van der Waals surface area contributed by atoms with E-state index < -0.39 is 0 Å². The van der Waals surface area contributed by atoms with Crippen LogP contribution in [0.5, 0.6) is 0 Å². The van der Waals surface area contributed by atoms with E-state index in [0.717, 1.165) is 24.9 Å². The first-order valence-corrected chi connectivity index (χ1v) is 7.47. The minimum absolute atomic E-state index is 0.0445. The molecule has 1 aliphatic rings. The van der Waals surface area contributed by atoms with Gasteiger partial charge in [-0.3, -0.25) is 9.78 Å². The number of hydrogen-bond donors (Lipinski definition) is 1. The molecule has 0 unspecified atom stereocenters. The van der Waals surface area contributed by atoms with E-state index in [1.165, 1.54) is 0 Å². The molecule has 4 nitrogen and oxygen atoms in total. The molecule has 0 bridgehead atoms. The lowest BCUT2D eigenvalue weighted by Crippen LogP contribution is -2.36. The predicted molar refractivity (Wildman–Crippen MR) is 81.7 cm³/mol. The summed E-state index contributed by atoms with van der Waals surface area (Å²) < 4.78 is 0. The Morgan fingerprint density at radius 1 is 1.48 bits per heavy atom. The Balaban J connectivity index is 2.14. The highest BCUT2D eigenvalue weighted by Crippen LogP contribution is 2.29. The molecule has 1 amide bonds. The number of aliphatic hydroxyl groups excluding tert-OH is 1. The standard InChI is InChI=1S/C17H22N2O2/c1-13(2)12-19(16-6-7-16)17(21)15-9-14(10-18-11-15)5-3-4-8-20/h9-11,13,16,20H,4,6-8,12H2,1-2H3. The Labute approximate surface area is 126 Å². The molecule has 0 spiro atoms. The second-order valence-corrected chi connectivity index (χ2v) is 5.82. The zero-order chi connectivity index (χ0) is 15.2. The molecule has 1 saturated carbocycles. The molecule has 0 atom stereocenters. The molecule has 1 aliphatic carbocycles. The predicted octanol–water partition coefficient (Wildman–Crippen LogP) is 2.08. The quantitative estimate of drug-likeness (QED) is 0.843. The number of carbonyl (C=O) groups is 1. The number of hydrogen-bond acceptors (Lipinski definition) is 3. The highest BCUT2D eigenvalue weighted by atomic mass is 16.2. The van der Waals surface area contributed by atoms with Gasteiger partial charge in [-0.2, -0.15) is 0 Å². The third-order valence-corrected chi connectivity index (χ3v) is 3.27. The first kappa shape index (κ1) is 15.5. The largest absolute Gasteiger partial charge is 0.395 e. The van der Waals surface area contributed by atoms with Gasteiger partial charge in [-0.15, -0.1) is 0 Å². The summed E-state index contributed by atoms with van der Waals surface area (Å²) >= 11 is 0. The van der Waals surface area contributed by atoms with Crippen molar-refractivity contribution < 1.29 is 9.90 Å². The van der Waals surface area contributed by atoms with E-state index in [4.69, 9.17) is 5.11 Å². The topological polar surface area (TPSA) is 53.4 Å². The van der Waals surface area contributed by atoms with Crippen LogP contribution in [0.3, 0.4) is 0 Å². The summed E-state index contributed by atoms with van der Waals surface area (Å²) in [5.41, 5.74) is 1.31. The summed E-state index contributed by atoms with van der Waals surface area (Å²) in [6, 6.07) is 2.18. The van der Waals surface area contributed by atoms with Crippen molar-refractivity contribution in [1.29, 1.82) is 0 Å². The zero-order valence-corrected chi connectivity index (χ0v) is 12.7. The van der Waals surface area contributed by atoms with Gasteiger partial charge in [0.05, 0.1) is 12.2 Å². The molecule has 1 heterocycles. The smallest absolute Gasteiger partial charge is 0.255 e. The molecule has 0 aliphatic heterocycles. The van der Waals surface area contributed by atoms with Crippen LogP contribution in [0.1, 0.15) is 49.0 Å². The molecular weight excluding hydrogens is 264 g/mol. The molecule has 4 heteroatoms. The van der Waals surface area contributed by atoms with Crippen molar-refractivity contribution >= 4 is 5.91 Å². The van der Waals surface area contributed by atoms with E-state index in [1.54, 1.807) is 18.5 Å². The van der Waals surface area contributed by atoms with E-state index >= 15 is 0 Å². The number of nitrogens with zero attached hydrogens (tertiary/aromatic N) is 2. The summed E-state index contributed by atoms with van der Waals surface area (Å²) in [7, 11) is 0. The van der Waals surface area contributed by atoms with Gasteiger partial charge >= 0.3 is 0 Å². The van der Waals surface area contributed by atoms with Gasteiger partial charge in [0, 0.05) is 37.0 Å². The molecule has 0 aromatic carbocycles. The van der Waals surface area contributed by atoms with Crippen molar-refractivity contribution in [3.05, 3.63) is 29.6 Å². The molecule has 1 N–H and O–H groups in total. The molecular formula is C17H22N2O2. The van der Waals surface area contributed by atoms with Crippen LogP contribution in [0.2, 0.25) is 0 Å². The van der Waals surface area contributed by atoms with Crippen molar-refractivity contribution in [3.63, 3.8) is 0 Å². The highest BCUT2D eigenvalue weighted by Gasteiger charge is 2.33. The van der Waals surface area contributed by atoms with Crippen LogP contribution in [-0.2, 0) is 0 Å². The average Bonchev–Trinajstić information content (AvgIpc) is 3.29. The Morgan fingerprint density at radius 2 is 2.24 bits per heavy atom.